The van der Waals surface area contributed by atoms with Gasteiger partial charge in [-0.05, 0) is 34.7 Å². The molecule has 1 aromatic heterocycles. The molecule has 0 aliphatic heterocycles. The Labute approximate surface area is 203 Å². The quantitative estimate of drug-likeness (QED) is 0.449. The molecular formula is C27H28N2O6. The van der Waals surface area contributed by atoms with E-state index in [9.17, 15) is 19.5 Å². The highest BCUT2D eigenvalue weighted by Crippen LogP contribution is 2.44. The molecule has 8 nitrogen and oxygen atoms in total. The first kappa shape index (κ1) is 24.1. The standard InChI is InChI=1S/C27H28N2O6/c1-2-12-29(15-18-11-13-34-16-18)26(32)24(14-25(30)31)28-27(33)35-17-23-21-9-5-3-7-19(21)20-8-4-6-10-22(20)23/h3-11,13,16,23-24H,2,12,14-15,17H2,1H3,(H,28,33)(H,30,31). The van der Waals surface area contributed by atoms with E-state index in [1.165, 1.54) is 17.4 Å². The van der Waals surface area contributed by atoms with E-state index < -0.39 is 30.4 Å². The lowest BCUT2D eigenvalue weighted by Crippen LogP contribution is -2.49. The van der Waals surface area contributed by atoms with Crippen molar-refractivity contribution in [3.05, 3.63) is 83.8 Å². The molecule has 0 spiro atoms. The van der Waals surface area contributed by atoms with Gasteiger partial charge in [0, 0.05) is 24.6 Å². The van der Waals surface area contributed by atoms with Crippen LogP contribution in [0.15, 0.2) is 71.5 Å². The van der Waals surface area contributed by atoms with Crippen LogP contribution in [0.2, 0.25) is 0 Å². The molecule has 3 aromatic rings. The number of nitrogens with one attached hydrogen (secondary N) is 1. The number of hydrogen-bond acceptors (Lipinski definition) is 5. The molecule has 1 heterocycles. The van der Waals surface area contributed by atoms with Crippen LogP contribution in [0.5, 0.6) is 0 Å². The number of carbonyl (C=O) groups is 3. The second kappa shape index (κ2) is 10.9. The van der Waals surface area contributed by atoms with E-state index in [0.717, 1.165) is 27.8 Å². The highest BCUT2D eigenvalue weighted by molar-refractivity contribution is 5.89. The summed E-state index contributed by atoms with van der Waals surface area (Å²) in [7, 11) is 0. The zero-order chi connectivity index (χ0) is 24.8. The van der Waals surface area contributed by atoms with Crippen molar-refractivity contribution in [2.75, 3.05) is 13.2 Å². The van der Waals surface area contributed by atoms with Crippen LogP contribution >= 0.6 is 0 Å². The second-order valence-electron chi connectivity index (χ2n) is 8.51. The fourth-order valence-corrected chi connectivity index (χ4v) is 4.52. The number of furan rings is 1. The molecule has 1 aliphatic rings. The molecule has 8 heteroatoms. The third-order valence-electron chi connectivity index (χ3n) is 6.07. The molecule has 0 saturated heterocycles. The molecule has 4 rings (SSSR count). The maximum atomic E-state index is 13.2. The van der Waals surface area contributed by atoms with Crippen molar-refractivity contribution in [3.8, 4) is 11.1 Å². The summed E-state index contributed by atoms with van der Waals surface area (Å²) >= 11 is 0. The number of carboxylic acids is 1. The van der Waals surface area contributed by atoms with Crippen LogP contribution < -0.4 is 5.32 Å². The Morgan fingerprint density at radius 1 is 1.06 bits per heavy atom. The highest BCUT2D eigenvalue weighted by atomic mass is 16.5. The fourth-order valence-electron chi connectivity index (χ4n) is 4.52. The summed E-state index contributed by atoms with van der Waals surface area (Å²) in [4.78, 5) is 38.9. The van der Waals surface area contributed by atoms with E-state index in [-0.39, 0.29) is 19.1 Å². The molecule has 0 bridgehead atoms. The number of carboxylic acid groups (broad SMARTS) is 1. The molecule has 1 atom stereocenters. The smallest absolute Gasteiger partial charge is 0.407 e. The molecular weight excluding hydrogens is 448 g/mol. The molecule has 2 N–H and O–H groups in total. The van der Waals surface area contributed by atoms with E-state index >= 15 is 0 Å². The van der Waals surface area contributed by atoms with Gasteiger partial charge in [-0.25, -0.2) is 4.79 Å². The Bertz CT molecular complexity index is 1140. The van der Waals surface area contributed by atoms with E-state index in [4.69, 9.17) is 9.15 Å². The van der Waals surface area contributed by atoms with Gasteiger partial charge < -0.3 is 24.5 Å². The van der Waals surface area contributed by atoms with Gasteiger partial charge in [0.15, 0.2) is 0 Å². The Morgan fingerprint density at radius 2 is 1.71 bits per heavy atom. The number of rotatable bonds is 10. The van der Waals surface area contributed by atoms with E-state index in [0.29, 0.717) is 13.0 Å². The van der Waals surface area contributed by atoms with Crippen LogP contribution in [0.4, 0.5) is 4.79 Å². The summed E-state index contributed by atoms with van der Waals surface area (Å²) in [5, 5.41) is 11.8. The summed E-state index contributed by atoms with van der Waals surface area (Å²) in [5.41, 5.74) is 5.11. The van der Waals surface area contributed by atoms with E-state index in [2.05, 4.69) is 5.32 Å². The predicted octanol–water partition coefficient (Wildman–Crippen LogP) is 4.40. The van der Waals surface area contributed by atoms with Crippen LogP contribution in [0, 0.1) is 0 Å². The molecule has 0 saturated carbocycles. The number of aliphatic carboxylic acids is 1. The number of benzene rings is 2. The largest absolute Gasteiger partial charge is 0.481 e. The summed E-state index contributed by atoms with van der Waals surface area (Å²) in [6.07, 6.45) is 2.34. The number of carbonyl (C=O) groups excluding carboxylic acids is 2. The Hall–Kier alpha value is -4.07. The molecule has 35 heavy (non-hydrogen) atoms. The van der Waals surface area contributed by atoms with Crippen molar-refractivity contribution in [1.29, 1.82) is 0 Å². The molecule has 1 unspecified atom stereocenters. The molecule has 0 fully saturated rings. The number of amides is 2. The normalized spacial score (nSPS) is 12.9. The lowest BCUT2D eigenvalue weighted by molar-refractivity contribution is -0.142. The number of fused-ring (bicyclic) bond motifs is 3. The zero-order valence-electron chi connectivity index (χ0n) is 19.5. The maximum Gasteiger partial charge on any atom is 0.407 e. The molecule has 2 amide bonds. The third-order valence-corrected chi connectivity index (χ3v) is 6.07. The van der Waals surface area contributed by atoms with Gasteiger partial charge in [0.1, 0.15) is 12.6 Å². The van der Waals surface area contributed by atoms with Gasteiger partial charge in [-0.15, -0.1) is 0 Å². The minimum absolute atomic E-state index is 0.0710. The predicted molar refractivity (Wildman–Crippen MR) is 129 cm³/mol. The van der Waals surface area contributed by atoms with Gasteiger partial charge in [-0.2, -0.15) is 0 Å². The van der Waals surface area contributed by atoms with Crippen LogP contribution in [-0.2, 0) is 20.9 Å². The van der Waals surface area contributed by atoms with Gasteiger partial charge in [-0.1, -0.05) is 55.5 Å². The summed E-state index contributed by atoms with van der Waals surface area (Å²) < 4.78 is 10.6. The van der Waals surface area contributed by atoms with Crippen LogP contribution in [0.25, 0.3) is 11.1 Å². The topological polar surface area (TPSA) is 109 Å². The average molecular weight is 477 g/mol. The van der Waals surface area contributed by atoms with Crippen molar-refractivity contribution in [2.24, 2.45) is 0 Å². The first-order chi connectivity index (χ1) is 17.0. The average Bonchev–Trinajstić information content (AvgIpc) is 3.47. The highest BCUT2D eigenvalue weighted by Gasteiger charge is 2.31. The van der Waals surface area contributed by atoms with Crippen LogP contribution in [0.3, 0.4) is 0 Å². The van der Waals surface area contributed by atoms with Gasteiger partial charge >= 0.3 is 12.1 Å². The Kier molecular flexibility index (Phi) is 7.50. The minimum Gasteiger partial charge on any atom is -0.481 e. The number of alkyl carbamates (subject to hydrolysis) is 1. The monoisotopic (exact) mass is 476 g/mol. The van der Waals surface area contributed by atoms with Crippen molar-refractivity contribution in [3.63, 3.8) is 0 Å². The zero-order valence-corrected chi connectivity index (χ0v) is 19.5. The summed E-state index contributed by atoms with van der Waals surface area (Å²) in [6, 6.07) is 16.4. The van der Waals surface area contributed by atoms with Gasteiger partial charge in [0.05, 0.1) is 18.9 Å². The van der Waals surface area contributed by atoms with Crippen molar-refractivity contribution < 1.29 is 28.6 Å². The fraction of sp³-hybridized carbons (Fsp3) is 0.296. The van der Waals surface area contributed by atoms with Crippen molar-refractivity contribution >= 4 is 18.0 Å². The van der Waals surface area contributed by atoms with Gasteiger partial charge in [0.2, 0.25) is 5.91 Å². The van der Waals surface area contributed by atoms with Gasteiger partial charge in [-0.3, -0.25) is 9.59 Å². The summed E-state index contributed by atoms with van der Waals surface area (Å²) in [5.74, 6) is -1.81. The molecule has 182 valence electrons. The first-order valence-corrected chi connectivity index (χ1v) is 11.6. The van der Waals surface area contributed by atoms with E-state index in [1.807, 2.05) is 55.5 Å². The summed E-state index contributed by atoms with van der Waals surface area (Å²) in [6.45, 7) is 2.65. The molecule has 1 aliphatic carbocycles. The molecule has 0 radical (unpaired) electrons. The molecule has 2 aromatic carbocycles. The minimum atomic E-state index is -1.25. The van der Waals surface area contributed by atoms with E-state index in [1.54, 1.807) is 6.07 Å². The van der Waals surface area contributed by atoms with Gasteiger partial charge in [0.25, 0.3) is 0 Å². The SMILES string of the molecule is CCCN(Cc1ccoc1)C(=O)C(CC(=O)O)NC(=O)OCC1c2ccccc2-c2ccccc21. The number of nitrogens with zero attached hydrogens (tertiary/aromatic N) is 1. The maximum absolute atomic E-state index is 13.2. The lowest BCUT2D eigenvalue weighted by Gasteiger charge is -2.26. The third kappa shape index (κ3) is 5.54. The van der Waals surface area contributed by atoms with Crippen LogP contribution in [0.1, 0.15) is 42.4 Å². The van der Waals surface area contributed by atoms with Crippen LogP contribution in [-0.4, -0.2) is 47.2 Å². The number of hydrogen-bond donors (Lipinski definition) is 2. The Balaban J connectivity index is 1.44. The van der Waals surface area contributed by atoms with Crippen molar-refractivity contribution in [1.82, 2.24) is 10.2 Å². The second-order valence-corrected chi connectivity index (χ2v) is 8.51. The Morgan fingerprint density at radius 3 is 2.29 bits per heavy atom. The van der Waals surface area contributed by atoms with Crippen molar-refractivity contribution in [2.45, 2.75) is 38.3 Å². The first-order valence-electron chi connectivity index (χ1n) is 11.6. The number of ether oxygens (including phenoxy) is 1. The lowest BCUT2D eigenvalue weighted by atomic mass is 9.98.